The molecule has 1 aliphatic heterocycles. The van der Waals surface area contributed by atoms with E-state index in [1.54, 1.807) is 0 Å². The Labute approximate surface area is 74.4 Å². The van der Waals surface area contributed by atoms with E-state index in [1.807, 2.05) is 0 Å². The molecule has 6 heteroatoms. The van der Waals surface area contributed by atoms with Crippen molar-refractivity contribution in [1.29, 1.82) is 0 Å². The van der Waals surface area contributed by atoms with Gasteiger partial charge in [-0.15, -0.1) is 0 Å². The Balaban J connectivity index is 2.69. The fourth-order valence-corrected chi connectivity index (χ4v) is 1.25. The average Bonchev–Trinajstić information content (AvgIpc) is 1.93. The molecular formula is C4H4Br2N2O2. The Morgan fingerprint density at radius 3 is 2.70 bits per heavy atom. The van der Waals surface area contributed by atoms with Crippen LogP contribution in [0.5, 0.6) is 0 Å². The number of halogens is 2. The van der Waals surface area contributed by atoms with Gasteiger partial charge in [0, 0.05) is 0 Å². The Bertz CT molecular complexity index is 164. The smallest absolute Gasteiger partial charge is 0.255 e. The highest BCUT2D eigenvalue weighted by Crippen LogP contribution is 2.15. The molecule has 0 radical (unpaired) electrons. The number of hydrogen-bond donors (Lipinski definition) is 1. The van der Waals surface area contributed by atoms with E-state index in [2.05, 4.69) is 37.4 Å². The number of nitrogens with zero attached hydrogens (tertiary/aromatic N) is 1. The van der Waals surface area contributed by atoms with Crippen molar-refractivity contribution in [1.82, 2.24) is 9.24 Å². The molecule has 0 saturated carbocycles. The normalized spacial score (nSPS) is 26.6. The van der Waals surface area contributed by atoms with Crippen molar-refractivity contribution in [3.05, 3.63) is 0 Å². The van der Waals surface area contributed by atoms with E-state index in [9.17, 15) is 9.59 Å². The lowest BCUT2D eigenvalue weighted by atomic mass is 10.4. The van der Waals surface area contributed by atoms with Crippen LogP contribution in [-0.4, -0.2) is 27.2 Å². The first kappa shape index (κ1) is 8.00. The molecule has 1 unspecified atom stereocenters. The number of piperazine rings is 1. The fraction of sp³-hybridized carbons (Fsp3) is 0.500. The van der Waals surface area contributed by atoms with Gasteiger partial charge in [-0.2, -0.15) is 0 Å². The van der Waals surface area contributed by atoms with Crippen LogP contribution >= 0.6 is 32.1 Å². The molecule has 1 atom stereocenters. The van der Waals surface area contributed by atoms with Crippen LogP contribution in [0.3, 0.4) is 0 Å². The number of carbonyl (C=O) groups excluding carboxylic acids is 2. The number of carbonyl (C=O) groups is 2. The van der Waals surface area contributed by atoms with E-state index in [-0.39, 0.29) is 18.4 Å². The molecule has 1 saturated heterocycles. The zero-order valence-corrected chi connectivity index (χ0v) is 7.98. The number of nitrogens with one attached hydrogen (secondary N) is 1. The summed E-state index contributed by atoms with van der Waals surface area (Å²) in [5, 5.41) is 2.40. The molecule has 1 rings (SSSR count). The minimum Gasteiger partial charge on any atom is -0.344 e. The van der Waals surface area contributed by atoms with Crippen LogP contribution in [0.1, 0.15) is 0 Å². The summed E-state index contributed by atoms with van der Waals surface area (Å²) >= 11 is 5.94. The summed E-state index contributed by atoms with van der Waals surface area (Å²) < 4.78 is 1.17. The van der Waals surface area contributed by atoms with Gasteiger partial charge in [-0.25, -0.2) is 0 Å². The third-order valence-corrected chi connectivity index (χ3v) is 3.25. The molecule has 2 amide bonds. The molecule has 1 heterocycles. The molecule has 56 valence electrons. The van der Waals surface area contributed by atoms with Gasteiger partial charge in [-0.1, -0.05) is 15.9 Å². The van der Waals surface area contributed by atoms with Crippen LogP contribution in [-0.2, 0) is 9.59 Å². The largest absolute Gasteiger partial charge is 0.344 e. The van der Waals surface area contributed by atoms with Gasteiger partial charge in [0.15, 0.2) is 4.95 Å². The van der Waals surface area contributed by atoms with Crippen LogP contribution < -0.4 is 5.32 Å². The van der Waals surface area contributed by atoms with Crippen LogP contribution in [0.2, 0.25) is 0 Å². The van der Waals surface area contributed by atoms with Gasteiger partial charge in [0.05, 0.1) is 22.7 Å². The Morgan fingerprint density at radius 1 is 1.60 bits per heavy atom. The van der Waals surface area contributed by atoms with Crippen LogP contribution in [0.4, 0.5) is 0 Å². The number of hydrogen-bond acceptors (Lipinski definition) is 2. The zero-order chi connectivity index (χ0) is 7.72. The Kier molecular flexibility index (Phi) is 2.30. The van der Waals surface area contributed by atoms with Crippen LogP contribution in [0, 0.1) is 0 Å². The van der Waals surface area contributed by atoms with Gasteiger partial charge in [0.1, 0.15) is 0 Å². The summed E-state index contributed by atoms with van der Waals surface area (Å²) in [7, 11) is 0. The van der Waals surface area contributed by atoms with Gasteiger partial charge in [0.25, 0.3) is 11.8 Å². The SMILES string of the molecule is O=C1NCC(=O)N(Br)C1Br. The molecule has 0 aromatic rings. The second-order valence-corrected chi connectivity index (χ2v) is 3.39. The highest BCUT2D eigenvalue weighted by molar-refractivity contribution is 9.11. The Hall–Kier alpha value is -0.100. The van der Waals surface area contributed by atoms with E-state index in [1.165, 1.54) is 3.93 Å². The van der Waals surface area contributed by atoms with Crippen molar-refractivity contribution < 1.29 is 9.59 Å². The summed E-state index contributed by atoms with van der Waals surface area (Å²) in [6.45, 7) is 0.0617. The minimum atomic E-state index is -0.589. The summed E-state index contributed by atoms with van der Waals surface area (Å²) in [5.41, 5.74) is 0. The maximum Gasteiger partial charge on any atom is 0.255 e. The van der Waals surface area contributed by atoms with Crippen molar-refractivity contribution in [2.75, 3.05) is 6.54 Å². The van der Waals surface area contributed by atoms with Crippen molar-refractivity contribution in [3.8, 4) is 0 Å². The van der Waals surface area contributed by atoms with Crippen molar-refractivity contribution in [3.63, 3.8) is 0 Å². The lowest BCUT2D eigenvalue weighted by Crippen LogP contribution is -2.51. The molecule has 1 fully saturated rings. The summed E-state index contributed by atoms with van der Waals surface area (Å²) in [6, 6.07) is 0. The second-order valence-electron chi connectivity index (χ2n) is 1.76. The van der Waals surface area contributed by atoms with E-state index in [4.69, 9.17) is 0 Å². The highest BCUT2D eigenvalue weighted by Gasteiger charge is 2.30. The molecule has 0 aliphatic carbocycles. The lowest BCUT2D eigenvalue weighted by molar-refractivity contribution is -0.136. The first-order valence-electron chi connectivity index (χ1n) is 2.52. The molecule has 1 N–H and O–H groups in total. The molecular weight excluding hydrogens is 268 g/mol. The molecule has 0 aromatic heterocycles. The van der Waals surface area contributed by atoms with Gasteiger partial charge < -0.3 is 5.32 Å². The number of amides is 2. The molecule has 0 bridgehead atoms. The topological polar surface area (TPSA) is 49.4 Å². The van der Waals surface area contributed by atoms with Gasteiger partial charge in [-0.3, -0.25) is 13.5 Å². The summed E-state index contributed by atoms with van der Waals surface area (Å²) in [4.78, 5) is 21.0. The standard InChI is InChI=1S/C4H4Br2N2O2/c5-3-4(10)7-1-2(9)8(3)6/h3H,1H2,(H,7,10). The van der Waals surface area contributed by atoms with E-state index >= 15 is 0 Å². The van der Waals surface area contributed by atoms with Crippen LogP contribution in [0.15, 0.2) is 0 Å². The number of rotatable bonds is 0. The van der Waals surface area contributed by atoms with E-state index < -0.39 is 4.95 Å². The third kappa shape index (κ3) is 1.32. The zero-order valence-electron chi connectivity index (χ0n) is 4.80. The molecule has 10 heavy (non-hydrogen) atoms. The molecule has 4 nitrogen and oxygen atoms in total. The van der Waals surface area contributed by atoms with Crippen molar-refractivity contribution >= 4 is 43.9 Å². The van der Waals surface area contributed by atoms with Crippen molar-refractivity contribution in [2.45, 2.75) is 4.95 Å². The maximum absolute atomic E-state index is 10.8. The van der Waals surface area contributed by atoms with Crippen LogP contribution in [0.25, 0.3) is 0 Å². The second kappa shape index (κ2) is 2.87. The summed E-state index contributed by atoms with van der Waals surface area (Å²) in [6.07, 6.45) is 0. The number of alkyl halides is 1. The van der Waals surface area contributed by atoms with Gasteiger partial charge in [0.2, 0.25) is 0 Å². The quantitative estimate of drug-likeness (QED) is 0.382. The summed E-state index contributed by atoms with van der Waals surface area (Å²) in [5.74, 6) is -0.377. The van der Waals surface area contributed by atoms with E-state index in [0.717, 1.165) is 0 Å². The first-order valence-corrected chi connectivity index (χ1v) is 4.15. The van der Waals surface area contributed by atoms with E-state index in [0.29, 0.717) is 0 Å². The van der Waals surface area contributed by atoms with Gasteiger partial charge >= 0.3 is 0 Å². The highest BCUT2D eigenvalue weighted by atomic mass is 79.9. The molecule has 0 spiro atoms. The average molecular weight is 272 g/mol. The fourth-order valence-electron chi connectivity index (χ4n) is 0.552. The maximum atomic E-state index is 10.8. The third-order valence-electron chi connectivity index (χ3n) is 1.07. The van der Waals surface area contributed by atoms with Crippen molar-refractivity contribution in [2.24, 2.45) is 0 Å². The molecule has 0 aromatic carbocycles. The lowest BCUT2D eigenvalue weighted by Gasteiger charge is -2.24. The minimum absolute atomic E-state index is 0.0617. The predicted octanol–water partition coefficient (Wildman–Crippen LogP) is -0.0243. The monoisotopic (exact) mass is 270 g/mol. The Morgan fingerprint density at radius 2 is 2.20 bits per heavy atom. The predicted molar refractivity (Wildman–Crippen MR) is 41.5 cm³/mol. The van der Waals surface area contributed by atoms with Gasteiger partial charge in [-0.05, 0) is 0 Å². The first-order chi connectivity index (χ1) is 4.63. The molecule has 1 aliphatic rings.